The first kappa shape index (κ1) is 9.78. The van der Waals surface area contributed by atoms with Crippen molar-refractivity contribution >= 4 is 0 Å². The summed E-state index contributed by atoms with van der Waals surface area (Å²) in [6.07, 6.45) is 6.57. The summed E-state index contributed by atoms with van der Waals surface area (Å²) < 4.78 is 5.53. The van der Waals surface area contributed by atoms with E-state index < -0.39 is 0 Å². The minimum Gasteiger partial charge on any atom is -0.465 e. The third kappa shape index (κ3) is 2.18. The SMILES string of the molecule is Cc1ccc(C(N)CC2CCCC2)o1. The van der Waals surface area contributed by atoms with Gasteiger partial charge in [0, 0.05) is 0 Å². The van der Waals surface area contributed by atoms with Crippen LogP contribution in [0.5, 0.6) is 0 Å². The number of aryl methyl sites for hydroxylation is 1. The van der Waals surface area contributed by atoms with E-state index in [1.165, 1.54) is 25.7 Å². The molecular weight excluding hydrogens is 174 g/mol. The van der Waals surface area contributed by atoms with Crippen LogP contribution in [0.25, 0.3) is 0 Å². The molecule has 2 heteroatoms. The first-order valence-electron chi connectivity index (χ1n) is 5.57. The van der Waals surface area contributed by atoms with Gasteiger partial charge in [0.25, 0.3) is 0 Å². The van der Waals surface area contributed by atoms with Crippen LogP contribution in [0.4, 0.5) is 0 Å². The highest BCUT2D eigenvalue weighted by Gasteiger charge is 2.20. The molecule has 78 valence electrons. The van der Waals surface area contributed by atoms with Gasteiger partial charge in [-0.15, -0.1) is 0 Å². The zero-order chi connectivity index (χ0) is 9.97. The summed E-state index contributed by atoms with van der Waals surface area (Å²) in [7, 11) is 0. The van der Waals surface area contributed by atoms with Gasteiger partial charge in [-0.05, 0) is 31.4 Å². The van der Waals surface area contributed by atoms with E-state index in [0.717, 1.165) is 23.9 Å². The second kappa shape index (κ2) is 4.18. The van der Waals surface area contributed by atoms with Crippen molar-refractivity contribution in [2.45, 2.75) is 45.1 Å². The maximum Gasteiger partial charge on any atom is 0.120 e. The molecule has 0 amide bonds. The fourth-order valence-corrected chi connectivity index (χ4v) is 2.37. The Kier molecular flexibility index (Phi) is 2.92. The van der Waals surface area contributed by atoms with Gasteiger partial charge in [0.2, 0.25) is 0 Å². The molecule has 0 bridgehead atoms. The van der Waals surface area contributed by atoms with Crippen molar-refractivity contribution in [2.75, 3.05) is 0 Å². The molecule has 0 radical (unpaired) electrons. The Bertz CT molecular complexity index is 286. The minimum atomic E-state index is 0.104. The van der Waals surface area contributed by atoms with E-state index in [0.29, 0.717) is 0 Å². The van der Waals surface area contributed by atoms with Gasteiger partial charge in [0.05, 0.1) is 6.04 Å². The zero-order valence-corrected chi connectivity index (χ0v) is 8.83. The van der Waals surface area contributed by atoms with Crippen LogP contribution < -0.4 is 5.73 Å². The summed E-state index contributed by atoms with van der Waals surface area (Å²) >= 11 is 0. The second-order valence-electron chi connectivity index (χ2n) is 4.44. The molecule has 1 aromatic heterocycles. The molecule has 1 aromatic rings. The van der Waals surface area contributed by atoms with Crippen LogP contribution in [0, 0.1) is 12.8 Å². The second-order valence-corrected chi connectivity index (χ2v) is 4.44. The van der Waals surface area contributed by atoms with Gasteiger partial charge in [-0.1, -0.05) is 25.7 Å². The van der Waals surface area contributed by atoms with Crippen LogP contribution in [0.15, 0.2) is 16.5 Å². The fourth-order valence-electron chi connectivity index (χ4n) is 2.37. The van der Waals surface area contributed by atoms with E-state index in [4.69, 9.17) is 10.2 Å². The van der Waals surface area contributed by atoms with Crippen LogP contribution in [0.1, 0.15) is 49.7 Å². The Balaban J connectivity index is 1.91. The van der Waals surface area contributed by atoms with Gasteiger partial charge in [0.15, 0.2) is 0 Å². The molecular formula is C12H19NO. The smallest absolute Gasteiger partial charge is 0.120 e. The molecule has 2 rings (SSSR count). The first-order chi connectivity index (χ1) is 6.75. The largest absolute Gasteiger partial charge is 0.465 e. The predicted molar refractivity (Wildman–Crippen MR) is 56.9 cm³/mol. The summed E-state index contributed by atoms with van der Waals surface area (Å²) in [5, 5.41) is 0. The van der Waals surface area contributed by atoms with E-state index in [2.05, 4.69) is 0 Å². The van der Waals surface area contributed by atoms with E-state index in [-0.39, 0.29) is 6.04 Å². The van der Waals surface area contributed by atoms with Crippen molar-refractivity contribution in [3.05, 3.63) is 23.7 Å². The maximum absolute atomic E-state index is 6.09. The molecule has 1 aliphatic rings. The standard InChI is InChI=1S/C12H19NO/c1-9-6-7-12(14-9)11(13)8-10-4-2-3-5-10/h6-7,10-11H,2-5,8,13H2,1H3. The molecule has 1 atom stereocenters. The highest BCUT2D eigenvalue weighted by atomic mass is 16.3. The van der Waals surface area contributed by atoms with Gasteiger partial charge >= 0.3 is 0 Å². The zero-order valence-electron chi connectivity index (χ0n) is 8.83. The van der Waals surface area contributed by atoms with E-state index in [9.17, 15) is 0 Å². The Morgan fingerprint density at radius 1 is 1.43 bits per heavy atom. The molecule has 1 unspecified atom stereocenters. The van der Waals surface area contributed by atoms with Crippen molar-refractivity contribution in [1.82, 2.24) is 0 Å². The van der Waals surface area contributed by atoms with Crippen LogP contribution in [0.3, 0.4) is 0 Å². The van der Waals surface area contributed by atoms with Gasteiger partial charge in [-0.25, -0.2) is 0 Å². The summed E-state index contributed by atoms with van der Waals surface area (Å²) in [5.74, 6) is 2.74. The summed E-state index contributed by atoms with van der Waals surface area (Å²) in [4.78, 5) is 0. The molecule has 2 N–H and O–H groups in total. The lowest BCUT2D eigenvalue weighted by atomic mass is 9.98. The third-order valence-corrected chi connectivity index (χ3v) is 3.19. The van der Waals surface area contributed by atoms with E-state index in [1.807, 2.05) is 19.1 Å². The van der Waals surface area contributed by atoms with Crippen LogP contribution in [-0.4, -0.2) is 0 Å². The summed E-state index contributed by atoms with van der Waals surface area (Å²) in [6.45, 7) is 1.96. The number of hydrogen-bond donors (Lipinski definition) is 1. The summed E-state index contributed by atoms with van der Waals surface area (Å²) in [5.41, 5.74) is 6.09. The fraction of sp³-hybridized carbons (Fsp3) is 0.667. The number of nitrogens with two attached hydrogens (primary N) is 1. The average Bonchev–Trinajstić information content (AvgIpc) is 2.75. The van der Waals surface area contributed by atoms with Crippen LogP contribution in [0.2, 0.25) is 0 Å². The van der Waals surface area contributed by atoms with Crippen LogP contribution in [-0.2, 0) is 0 Å². The Labute approximate surface area is 85.5 Å². The lowest BCUT2D eigenvalue weighted by Gasteiger charge is -2.13. The van der Waals surface area contributed by atoms with Crippen molar-refractivity contribution in [3.63, 3.8) is 0 Å². The van der Waals surface area contributed by atoms with Crippen molar-refractivity contribution in [1.29, 1.82) is 0 Å². The number of furan rings is 1. The predicted octanol–water partition coefficient (Wildman–Crippen LogP) is 3.17. The van der Waals surface area contributed by atoms with Gasteiger partial charge in [-0.2, -0.15) is 0 Å². The summed E-state index contributed by atoms with van der Waals surface area (Å²) in [6, 6.07) is 4.10. The Morgan fingerprint density at radius 2 is 2.14 bits per heavy atom. The normalized spacial score (nSPS) is 20.1. The van der Waals surface area contributed by atoms with Crippen molar-refractivity contribution < 1.29 is 4.42 Å². The molecule has 1 fully saturated rings. The number of rotatable bonds is 3. The van der Waals surface area contributed by atoms with Gasteiger partial charge in [0.1, 0.15) is 11.5 Å². The lowest BCUT2D eigenvalue weighted by Crippen LogP contribution is -2.13. The van der Waals surface area contributed by atoms with Crippen LogP contribution >= 0.6 is 0 Å². The van der Waals surface area contributed by atoms with Gasteiger partial charge < -0.3 is 10.2 Å². The van der Waals surface area contributed by atoms with Crippen molar-refractivity contribution in [2.24, 2.45) is 11.7 Å². The Hall–Kier alpha value is -0.760. The first-order valence-corrected chi connectivity index (χ1v) is 5.57. The molecule has 1 heterocycles. The topological polar surface area (TPSA) is 39.2 Å². The quantitative estimate of drug-likeness (QED) is 0.800. The van der Waals surface area contributed by atoms with E-state index in [1.54, 1.807) is 0 Å². The molecule has 0 spiro atoms. The average molecular weight is 193 g/mol. The number of hydrogen-bond acceptors (Lipinski definition) is 2. The monoisotopic (exact) mass is 193 g/mol. The maximum atomic E-state index is 6.09. The molecule has 1 aliphatic carbocycles. The minimum absolute atomic E-state index is 0.104. The van der Waals surface area contributed by atoms with E-state index >= 15 is 0 Å². The molecule has 1 saturated carbocycles. The molecule has 2 nitrogen and oxygen atoms in total. The molecule has 0 aliphatic heterocycles. The molecule has 14 heavy (non-hydrogen) atoms. The lowest BCUT2D eigenvalue weighted by molar-refractivity contribution is 0.383. The Morgan fingerprint density at radius 3 is 2.71 bits per heavy atom. The molecule has 0 aromatic carbocycles. The molecule has 0 saturated heterocycles. The highest BCUT2D eigenvalue weighted by Crippen LogP contribution is 2.32. The third-order valence-electron chi connectivity index (χ3n) is 3.19. The van der Waals surface area contributed by atoms with Crippen molar-refractivity contribution in [3.8, 4) is 0 Å². The highest BCUT2D eigenvalue weighted by molar-refractivity contribution is 5.09. The van der Waals surface area contributed by atoms with Gasteiger partial charge in [-0.3, -0.25) is 0 Å².